The van der Waals surface area contributed by atoms with E-state index in [9.17, 15) is 4.57 Å². The highest BCUT2D eigenvalue weighted by Crippen LogP contribution is 2.48. The predicted molar refractivity (Wildman–Crippen MR) is 78.1 cm³/mol. The smallest absolute Gasteiger partial charge is 0.367 e. The number of hydrogen-bond donors (Lipinski definition) is 0. The fourth-order valence-corrected chi connectivity index (χ4v) is 3.15. The normalized spacial score (nSPS) is 11.7. The second kappa shape index (κ2) is 6.84. The summed E-state index contributed by atoms with van der Waals surface area (Å²) in [5.41, 5.74) is 0.731. The molecule has 0 unspecified atom stereocenters. The van der Waals surface area contributed by atoms with Crippen LogP contribution in [0.2, 0.25) is 0 Å². The van der Waals surface area contributed by atoms with Crippen LogP contribution in [0.15, 0.2) is 36.5 Å². The molecule has 0 N–H and O–H groups in total. The van der Waals surface area contributed by atoms with Gasteiger partial charge in [0.1, 0.15) is 11.3 Å². The van der Waals surface area contributed by atoms with E-state index >= 15 is 0 Å². The molecule has 1 heterocycles. The van der Waals surface area contributed by atoms with Crippen molar-refractivity contribution in [3.63, 3.8) is 0 Å². The lowest BCUT2D eigenvalue weighted by molar-refractivity contribution is 0.197. The lowest BCUT2D eigenvalue weighted by Gasteiger charge is -2.17. The number of para-hydroxylation sites is 1. The summed E-state index contributed by atoms with van der Waals surface area (Å²) < 4.78 is 28.3. The number of aromatic nitrogens is 1. The first-order valence-corrected chi connectivity index (χ1v) is 8.26. The largest absolute Gasteiger partial charge is 0.479 e. The summed E-state index contributed by atoms with van der Waals surface area (Å²) in [5.74, 6) is 0.572. The van der Waals surface area contributed by atoms with Gasteiger partial charge in [-0.25, -0.2) is 0 Å². The average molecular weight is 295 g/mol. The molecule has 2 aromatic rings. The molecule has 0 radical (unpaired) electrons. The van der Waals surface area contributed by atoms with Crippen LogP contribution in [-0.2, 0) is 13.6 Å². The molecule has 0 bridgehead atoms. The van der Waals surface area contributed by atoms with E-state index in [-0.39, 0.29) is 6.35 Å². The van der Waals surface area contributed by atoms with Crippen molar-refractivity contribution in [2.45, 2.75) is 13.8 Å². The Balaban J connectivity index is 2.18. The maximum absolute atomic E-state index is 12.3. The Hall–Kier alpha value is -1.42. The number of nitrogens with zero attached hydrogens (tertiary/aromatic N) is 1. The molecule has 0 spiro atoms. The first-order valence-electron chi connectivity index (χ1n) is 6.53. The highest BCUT2D eigenvalue weighted by Gasteiger charge is 2.25. The zero-order valence-corrected chi connectivity index (χ0v) is 12.5. The Kier molecular flexibility index (Phi) is 5.12. The quantitative estimate of drug-likeness (QED) is 0.726. The molecule has 1 aromatic heterocycles. The summed E-state index contributed by atoms with van der Waals surface area (Å²) >= 11 is 0. The van der Waals surface area contributed by atoms with E-state index in [2.05, 4.69) is 4.98 Å². The van der Waals surface area contributed by atoms with Crippen molar-refractivity contribution < 1.29 is 18.3 Å². The molecule has 0 amide bonds. The maximum Gasteiger partial charge on any atom is 0.367 e. The third-order valence-electron chi connectivity index (χ3n) is 2.63. The molecule has 6 heteroatoms. The van der Waals surface area contributed by atoms with Gasteiger partial charge in [-0.1, -0.05) is 18.2 Å². The van der Waals surface area contributed by atoms with Crippen molar-refractivity contribution >= 4 is 18.5 Å². The maximum atomic E-state index is 12.3. The summed E-state index contributed by atoms with van der Waals surface area (Å²) in [7, 11) is -3.21. The lowest BCUT2D eigenvalue weighted by atomic mass is 10.2. The number of fused-ring (bicyclic) bond motifs is 1. The van der Waals surface area contributed by atoms with Crippen LogP contribution < -0.4 is 4.74 Å². The third-order valence-corrected chi connectivity index (χ3v) is 4.37. The van der Waals surface area contributed by atoms with Crippen LogP contribution in [0.25, 0.3) is 10.9 Å². The van der Waals surface area contributed by atoms with Gasteiger partial charge in [-0.2, -0.15) is 0 Å². The Bertz CT molecular complexity index is 602. The molecule has 1 aromatic carbocycles. The van der Waals surface area contributed by atoms with E-state index in [1.54, 1.807) is 26.1 Å². The second-order valence-electron chi connectivity index (χ2n) is 4.05. The van der Waals surface area contributed by atoms with E-state index in [1.807, 2.05) is 24.3 Å². The first-order chi connectivity index (χ1) is 9.68. The molecule has 2 rings (SSSR count). The molecule has 0 fully saturated rings. The first kappa shape index (κ1) is 15.0. The van der Waals surface area contributed by atoms with Gasteiger partial charge < -0.3 is 13.8 Å². The van der Waals surface area contributed by atoms with Gasteiger partial charge in [-0.3, -0.25) is 9.55 Å². The van der Waals surface area contributed by atoms with Gasteiger partial charge in [0.05, 0.1) is 13.2 Å². The number of hydrogen-bond acceptors (Lipinski definition) is 5. The molecule has 0 aliphatic rings. The molecule has 108 valence electrons. The van der Waals surface area contributed by atoms with Gasteiger partial charge in [-0.15, -0.1) is 0 Å². The van der Waals surface area contributed by atoms with E-state index in [4.69, 9.17) is 13.8 Å². The molecular formula is C14H18NO4P. The summed E-state index contributed by atoms with van der Waals surface area (Å²) in [6.45, 7) is 4.17. The third kappa shape index (κ3) is 3.57. The van der Waals surface area contributed by atoms with E-state index in [1.165, 1.54) is 0 Å². The van der Waals surface area contributed by atoms with E-state index < -0.39 is 7.60 Å². The van der Waals surface area contributed by atoms with Crippen molar-refractivity contribution in [3.05, 3.63) is 36.5 Å². The molecule has 0 atom stereocenters. The second-order valence-corrected chi connectivity index (χ2v) is 6.05. The van der Waals surface area contributed by atoms with Crippen LogP contribution in [-0.4, -0.2) is 24.5 Å². The number of ether oxygens (including phenoxy) is 1. The zero-order valence-electron chi connectivity index (χ0n) is 11.6. The van der Waals surface area contributed by atoms with Gasteiger partial charge in [0.2, 0.25) is 0 Å². The minimum Gasteiger partial charge on any atom is -0.479 e. The predicted octanol–water partition coefficient (Wildman–Crippen LogP) is 3.84. The van der Waals surface area contributed by atoms with Gasteiger partial charge >= 0.3 is 7.60 Å². The Morgan fingerprint density at radius 1 is 1.10 bits per heavy atom. The van der Waals surface area contributed by atoms with Gasteiger partial charge in [0.15, 0.2) is 6.35 Å². The monoisotopic (exact) mass is 295 g/mol. The highest BCUT2D eigenvalue weighted by molar-refractivity contribution is 7.53. The van der Waals surface area contributed by atoms with Crippen molar-refractivity contribution in [3.8, 4) is 5.75 Å². The molecule has 0 aliphatic carbocycles. The number of rotatable bonds is 7. The highest BCUT2D eigenvalue weighted by atomic mass is 31.2. The van der Waals surface area contributed by atoms with Crippen LogP contribution in [0.4, 0.5) is 0 Å². The fourth-order valence-electron chi connectivity index (χ4n) is 1.85. The van der Waals surface area contributed by atoms with Crippen LogP contribution >= 0.6 is 7.60 Å². The van der Waals surface area contributed by atoms with Crippen molar-refractivity contribution in [2.24, 2.45) is 0 Å². The Morgan fingerprint density at radius 3 is 2.50 bits per heavy atom. The summed E-state index contributed by atoms with van der Waals surface area (Å²) in [6, 6.07) is 9.40. The van der Waals surface area contributed by atoms with Crippen LogP contribution in [0, 0.1) is 0 Å². The molecule has 0 aliphatic heterocycles. The molecule has 20 heavy (non-hydrogen) atoms. The fraction of sp³-hybridized carbons (Fsp3) is 0.357. The van der Waals surface area contributed by atoms with Crippen molar-refractivity contribution in [1.82, 2.24) is 4.98 Å². The standard InChI is InChI=1S/C14H18NO4P/c1-3-18-20(16,19-4-2)11-17-13-9-5-7-12-8-6-10-15-14(12)13/h5-10H,3-4,11H2,1-2H3. The van der Waals surface area contributed by atoms with E-state index in [0.29, 0.717) is 19.0 Å². The zero-order chi connectivity index (χ0) is 14.4. The topological polar surface area (TPSA) is 57.7 Å². The SMILES string of the molecule is CCOP(=O)(COc1cccc2cccnc12)OCC. The van der Waals surface area contributed by atoms with Gasteiger partial charge in [-0.05, 0) is 26.0 Å². The molecule has 0 saturated heterocycles. The average Bonchev–Trinajstić information content (AvgIpc) is 2.46. The summed E-state index contributed by atoms with van der Waals surface area (Å²) in [6.07, 6.45) is 1.57. The minimum atomic E-state index is -3.21. The lowest BCUT2D eigenvalue weighted by Crippen LogP contribution is -2.06. The van der Waals surface area contributed by atoms with Crippen molar-refractivity contribution in [2.75, 3.05) is 19.6 Å². The Morgan fingerprint density at radius 2 is 1.80 bits per heavy atom. The molecule has 5 nitrogen and oxygen atoms in total. The molecule has 0 saturated carbocycles. The van der Waals surface area contributed by atoms with Crippen LogP contribution in [0.5, 0.6) is 5.75 Å². The van der Waals surface area contributed by atoms with Gasteiger partial charge in [0, 0.05) is 11.6 Å². The summed E-state index contributed by atoms with van der Waals surface area (Å²) in [5, 5.41) is 0.965. The van der Waals surface area contributed by atoms with Crippen LogP contribution in [0.3, 0.4) is 0 Å². The molecular weight excluding hydrogens is 277 g/mol. The van der Waals surface area contributed by atoms with Gasteiger partial charge in [0.25, 0.3) is 0 Å². The summed E-state index contributed by atoms with van der Waals surface area (Å²) in [4.78, 5) is 4.28. The minimum absolute atomic E-state index is 0.121. The number of benzene rings is 1. The van der Waals surface area contributed by atoms with Crippen LogP contribution in [0.1, 0.15) is 13.8 Å². The van der Waals surface area contributed by atoms with Crippen molar-refractivity contribution in [1.29, 1.82) is 0 Å². The Labute approximate surface area is 118 Å². The number of pyridine rings is 1. The van der Waals surface area contributed by atoms with E-state index in [0.717, 1.165) is 10.9 Å².